The first-order valence-corrected chi connectivity index (χ1v) is 5.07. The van der Waals surface area contributed by atoms with Gasteiger partial charge in [-0.25, -0.2) is 0 Å². The molecule has 0 aromatic heterocycles. The molecule has 14 heavy (non-hydrogen) atoms. The zero-order valence-electron chi connectivity index (χ0n) is 8.90. The van der Waals surface area contributed by atoms with Gasteiger partial charge in [0.05, 0.1) is 6.61 Å². The van der Waals surface area contributed by atoms with E-state index in [0.29, 0.717) is 12.0 Å². The van der Waals surface area contributed by atoms with Gasteiger partial charge in [-0.3, -0.25) is 4.79 Å². The van der Waals surface area contributed by atoms with Gasteiger partial charge in [0.25, 0.3) is 0 Å². The van der Waals surface area contributed by atoms with Gasteiger partial charge in [0.15, 0.2) is 0 Å². The highest BCUT2D eigenvalue weighted by atomic mass is 16.5. The van der Waals surface area contributed by atoms with Crippen molar-refractivity contribution >= 4 is 5.97 Å². The summed E-state index contributed by atoms with van der Waals surface area (Å²) in [5, 5.41) is 8.62. The molecule has 1 fully saturated rings. The maximum Gasteiger partial charge on any atom is 0.303 e. The van der Waals surface area contributed by atoms with E-state index in [1.165, 1.54) is 0 Å². The van der Waals surface area contributed by atoms with Gasteiger partial charge in [-0.05, 0) is 32.9 Å². The van der Waals surface area contributed by atoms with Crippen LogP contribution in [0.15, 0.2) is 0 Å². The van der Waals surface area contributed by atoms with Gasteiger partial charge >= 0.3 is 5.97 Å². The number of likely N-dealkylation sites (N-methyl/N-ethyl adjacent to an activating group) is 1. The van der Waals surface area contributed by atoms with Crippen LogP contribution in [-0.2, 0) is 9.53 Å². The summed E-state index contributed by atoms with van der Waals surface area (Å²) < 4.78 is 5.39. The number of aliphatic carboxylic acids is 1. The lowest BCUT2D eigenvalue weighted by Gasteiger charge is -2.35. The molecule has 0 saturated carbocycles. The average molecular weight is 201 g/mol. The molecule has 2 unspecified atom stereocenters. The largest absolute Gasteiger partial charge is 0.481 e. The molecule has 4 nitrogen and oxygen atoms in total. The van der Waals surface area contributed by atoms with Gasteiger partial charge in [0.1, 0.15) is 0 Å². The third-order valence-corrected chi connectivity index (χ3v) is 2.86. The van der Waals surface area contributed by atoms with Gasteiger partial charge in [-0.15, -0.1) is 0 Å². The number of carbonyl (C=O) groups is 1. The van der Waals surface area contributed by atoms with E-state index >= 15 is 0 Å². The number of carboxylic acid groups (broad SMARTS) is 1. The third kappa shape index (κ3) is 3.27. The molecular weight excluding hydrogens is 182 g/mol. The van der Waals surface area contributed by atoms with Gasteiger partial charge < -0.3 is 14.7 Å². The van der Waals surface area contributed by atoms with Crippen molar-refractivity contribution in [3.8, 4) is 0 Å². The van der Waals surface area contributed by atoms with E-state index in [0.717, 1.165) is 26.1 Å². The molecule has 1 N–H and O–H groups in total. The van der Waals surface area contributed by atoms with E-state index in [-0.39, 0.29) is 6.42 Å². The Kier molecular flexibility index (Phi) is 4.35. The normalized spacial score (nSPS) is 27.9. The van der Waals surface area contributed by atoms with Crippen molar-refractivity contribution in [2.24, 2.45) is 5.92 Å². The van der Waals surface area contributed by atoms with Crippen LogP contribution >= 0.6 is 0 Å². The summed E-state index contributed by atoms with van der Waals surface area (Å²) in [6.45, 7) is 1.51. The highest BCUT2D eigenvalue weighted by Gasteiger charge is 2.27. The average Bonchev–Trinajstić information content (AvgIpc) is 2.15. The fourth-order valence-corrected chi connectivity index (χ4v) is 1.98. The third-order valence-electron chi connectivity index (χ3n) is 2.86. The van der Waals surface area contributed by atoms with Crippen LogP contribution in [0.2, 0.25) is 0 Å². The molecule has 2 atom stereocenters. The van der Waals surface area contributed by atoms with E-state index in [4.69, 9.17) is 9.84 Å². The summed E-state index contributed by atoms with van der Waals surface area (Å²) in [6, 6.07) is 0.378. The first kappa shape index (κ1) is 11.5. The molecular formula is C10H19NO3. The molecule has 0 radical (unpaired) electrons. The molecule has 1 rings (SSSR count). The lowest BCUT2D eigenvalue weighted by Crippen LogP contribution is -2.43. The Hall–Kier alpha value is -0.610. The monoisotopic (exact) mass is 201 g/mol. The zero-order valence-corrected chi connectivity index (χ0v) is 8.90. The van der Waals surface area contributed by atoms with Crippen molar-refractivity contribution in [3.63, 3.8) is 0 Å². The number of rotatable bonds is 4. The summed E-state index contributed by atoms with van der Waals surface area (Å²) in [5.41, 5.74) is 0. The molecule has 1 aliphatic rings. The Morgan fingerprint density at radius 1 is 1.57 bits per heavy atom. The molecule has 1 heterocycles. The van der Waals surface area contributed by atoms with E-state index in [1.54, 1.807) is 0 Å². The molecule has 0 bridgehead atoms. The Morgan fingerprint density at radius 2 is 2.29 bits per heavy atom. The summed E-state index contributed by atoms with van der Waals surface area (Å²) in [4.78, 5) is 12.6. The van der Waals surface area contributed by atoms with E-state index in [9.17, 15) is 4.79 Å². The van der Waals surface area contributed by atoms with Crippen LogP contribution < -0.4 is 0 Å². The number of hydrogen-bond donors (Lipinski definition) is 1. The first-order valence-electron chi connectivity index (χ1n) is 5.07. The Bertz CT molecular complexity index is 194. The van der Waals surface area contributed by atoms with Gasteiger partial charge in [-0.1, -0.05) is 0 Å². The SMILES string of the molecule is CN(C)C1COCCC1CCC(=O)O. The quantitative estimate of drug-likeness (QED) is 0.731. The van der Waals surface area contributed by atoms with Crippen LogP contribution in [0.5, 0.6) is 0 Å². The van der Waals surface area contributed by atoms with Crippen LogP contribution in [0.25, 0.3) is 0 Å². The second-order valence-electron chi connectivity index (χ2n) is 4.09. The van der Waals surface area contributed by atoms with Crippen molar-refractivity contribution < 1.29 is 14.6 Å². The molecule has 1 saturated heterocycles. The fraction of sp³-hybridized carbons (Fsp3) is 0.900. The molecule has 1 aliphatic heterocycles. The number of nitrogens with zero attached hydrogens (tertiary/aromatic N) is 1. The minimum absolute atomic E-state index is 0.273. The number of hydrogen-bond acceptors (Lipinski definition) is 3. The molecule has 0 aromatic carbocycles. The molecule has 0 aromatic rings. The van der Waals surface area contributed by atoms with Crippen molar-refractivity contribution in [1.29, 1.82) is 0 Å². The zero-order chi connectivity index (χ0) is 10.6. The Morgan fingerprint density at radius 3 is 2.86 bits per heavy atom. The van der Waals surface area contributed by atoms with E-state index < -0.39 is 5.97 Å². The highest BCUT2D eigenvalue weighted by Crippen LogP contribution is 2.23. The van der Waals surface area contributed by atoms with Gasteiger partial charge in [0.2, 0.25) is 0 Å². The highest BCUT2D eigenvalue weighted by molar-refractivity contribution is 5.66. The standard InChI is InChI=1S/C10H19NO3/c1-11(2)9-7-14-6-5-8(9)3-4-10(12)13/h8-9H,3-7H2,1-2H3,(H,12,13). The minimum atomic E-state index is -0.700. The van der Waals surface area contributed by atoms with Gasteiger partial charge in [0, 0.05) is 19.1 Å². The minimum Gasteiger partial charge on any atom is -0.481 e. The fourth-order valence-electron chi connectivity index (χ4n) is 1.98. The van der Waals surface area contributed by atoms with Crippen LogP contribution in [0, 0.1) is 5.92 Å². The van der Waals surface area contributed by atoms with Crippen LogP contribution in [-0.4, -0.2) is 49.3 Å². The molecule has 0 aliphatic carbocycles. The summed E-state index contributed by atoms with van der Waals surface area (Å²) in [5.74, 6) is -0.233. The molecule has 0 spiro atoms. The number of ether oxygens (including phenoxy) is 1. The first-order chi connectivity index (χ1) is 6.61. The number of carboxylic acids is 1. The molecule has 0 amide bonds. The Balaban J connectivity index is 2.41. The summed E-state index contributed by atoms with van der Waals surface area (Å²) >= 11 is 0. The maximum absolute atomic E-state index is 10.5. The molecule has 82 valence electrons. The predicted octanol–water partition coefficient (Wildman–Crippen LogP) is 0.818. The van der Waals surface area contributed by atoms with E-state index in [1.807, 2.05) is 14.1 Å². The van der Waals surface area contributed by atoms with Crippen molar-refractivity contribution in [3.05, 3.63) is 0 Å². The van der Waals surface area contributed by atoms with Crippen LogP contribution in [0.1, 0.15) is 19.3 Å². The second-order valence-corrected chi connectivity index (χ2v) is 4.09. The predicted molar refractivity (Wildman–Crippen MR) is 53.3 cm³/mol. The maximum atomic E-state index is 10.5. The van der Waals surface area contributed by atoms with Gasteiger partial charge in [-0.2, -0.15) is 0 Å². The lowest BCUT2D eigenvalue weighted by atomic mass is 9.89. The van der Waals surface area contributed by atoms with Crippen molar-refractivity contribution in [2.75, 3.05) is 27.3 Å². The lowest BCUT2D eigenvalue weighted by molar-refractivity contribution is -0.137. The van der Waals surface area contributed by atoms with E-state index in [2.05, 4.69) is 4.90 Å². The van der Waals surface area contributed by atoms with Crippen LogP contribution in [0.4, 0.5) is 0 Å². The summed E-state index contributed by atoms with van der Waals surface area (Å²) in [6.07, 6.45) is 2.02. The summed E-state index contributed by atoms with van der Waals surface area (Å²) in [7, 11) is 4.04. The molecule has 4 heteroatoms. The van der Waals surface area contributed by atoms with Crippen molar-refractivity contribution in [2.45, 2.75) is 25.3 Å². The smallest absolute Gasteiger partial charge is 0.303 e. The second kappa shape index (κ2) is 5.32. The topological polar surface area (TPSA) is 49.8 Å². The Labute approximate surface area is 84.8 Å². The van der Waals surface area contributed by atoms with Crippen LogP contribution in [0.3, 0.4) is 0 Å². The van der Waals surface area contributed by atoms with Crippen molar-refractivity contribution in [1.82, 2.24) is 4.90 Å².